The van der Waals surface area contributed by atoms with Crippen LogP contribution in [0.5, 0.6) is 11.5 Å². The molecule has 0 spiro atoms. The molecule has 25 heavy (non-hydrogen) atoms. The SMILES string of the molecule is CO[C@H]1c2c(cc(O)c3c2C(=O)c2cccc(O)c2-3)C(=O)[C@]2(C)O[C@H]12. The molecule has 0 aromatic heterocycles. The van der Waals surface area contributed by atoms with Crippen LogP contribution >= 0.6 is 0 Å². The van der Waals surface area contributed by atoms with Crippen molar-refractivity contribution in [3.05, 3.63) is 46.5 Å². The molecule has 1 fully saturated rings. The first-order valence-electron chi connectivity index (χ1n) is 7.92. The zero-order chi connectivity index (χ0) is 17.7. The molecule has 0 bridgehead atoms. The van der Waals surface area contributed by atoms with Crippen molar-refractivity contribution in [2.45, 2.75) is 24.7 Å². The van der Waals surface area contributed by atoms with Crippen molar-refractivity contribution in [2.24, 2.45) is 0 Å². The molecule has 0 radical (unpaired) electrons. The van der Waals surface area contributed by atoms with Crippen LogP contribution in [0.3, 0.4) is 0 Å². The lowest BCUT2D eigenvalue weighted by Crippen LogP contribution is -2.34. The second-order valence-electron chi connectivity index (χ2n) is 6.77. The Kier molecular flexibility index (Phi) is 2.50. The highest BCUT2D eigenvalue weighted by molar-refractivity contribution is 6.26. The van der Waals surface area contributed by atoms with Crippen LogP contribution in [-0.2, 0) is 9.47 Å². The number of carbonyl (C=O) groups is 2. The van der Waals surface area contributed by atoms with E-state index < -0.39 is 17.8 Å². The van der Waals surface area contributed by atoms with Crippen LogP contribution in [0.4, 0.5) is 0 Å². The van der Waals surface area contributed by atoms with Gasteiger partial charge in [-0.1, -0.05) is 12.1 Å². The second kappa shape index (κ2) is 4.28. The number of hydrogen-bond donors (Lipinski definition) is 2. The third-order valence-corrected chi connectivity index (χ3v) is 5.48. The standard InChI is InChI=1S/C19H14O6/c1-19-17(23)8-6-10(21)13-11-7(4-3-5-9(11)20)15(22)14(13)12(8)16(24-2)18(19)25-19/h3-6,16,18,20-21H,1-2H3/t16-,18+,19-/m0/s1. The zero-order valence-electron chi connectivity index (χ0n) is 13.5. The smallest absolute Gasteiger partial charge is 0.197 e. The van der Waals surface area contributed by atoms with Crippen LogP contribution in [0, 0.1) is 0 Å². The number of fused-ring (bicyclic) bond motifs is 6. The first kappa shape index (κ1) is 14.6. The van der Waals surface area contributed by atoms with Crippen molar-refractivity contribution < 1.29 is 29.3 Å². The number of methoxy groups -OCH3 is 1. The summed E-state index contributed by atoms with van der Waals surface area (Å²) in [7, 11) is 1.50. The summed E-state index contributed by atoms with van der Waals surface area (Å²) in [4.78, 5) is 25.8. The number of ketones is 2. The Morgan fingerprint density at radius 1 is 1.08 bits per heavy atom. The number of benzene rings is 2. The molecule has 2 aliphatic carbocycles. The number of phenolic OH excluding ortho intramolecular Hbond substituents is 2. The third-order valence-electron chi connectivity index (χ3n) is 5.48. The van der Waals surface area contributed by atoms with E-state index >= 15 is 0 Å². The van der Waals surface area contributed by atoms with Gasteiger partial charge in [-0.3, -0.25) is 9.59 Å². The first-order valence-corrected chi connectivity index (χ1v) is 7.92. The van der Waals surface area contributed by atoms with E-state index in [1.807, 2.05) is 0 Å². The van der Waals surface area contributed by atoms with Crippen LogP contribution < -0.4 is 0 Å². The van der Waals surface area contributed by atoms with Gasteiger partial charge in [0.2, 0.25) is 0 Å². The van der Waals surface area contributed by atoms with E-state index in [0.29, 0.717) is 11.1 Å². The minimum Gasteiger partial charge on any atom is -0.507 e. The van der Waals surface area contributed by atoms with Gasteiger partial charge in [0.05, 0.1) is 0 Å². The number of Topliss-reactive ketones (excluding diaryl/α,β-unsaturated/α-hetero) is 1. The quantitative estimate of drug-likeness (QED) is 0.661. The van der Waals surface area contributed by atoms with E-state index in [9.17, 15) is 19.8 Å². The number of aromatic hydroxyl groups is 2. The predicted molar refractivity (Wildman–Crippen MR) is 86.0 cm³/mol. The van der Waals surface area contributed by atoms with E-state index in [4.69, 9.17) is 9.47 Å². The van der Waals surface area contributed by atoms with Gasteiger partial charge in [0.1, 0.15) is 23.7 Å². The van der Waals surface area contributed by atoms with Crippen LogP contribution in [0.2, 0.25) is 0 Å². The Labute approximate surface area is 142 Å². The summed E-state index contributed by atoms with van der Waals surface area (Å²) >= 11 is 0. The fraction of sp³-hybridized carbons (Fsp3) is 0.263. The molecule has 126 valence electrons. The van der Waals surface area contributed by atoms with Crippen LogP contribution in [0.1, 0.15) is 44.9 Å². The minimum absolute atomic E-state index is 0.0940. The summed E-state index contributed by atoms with van der Waals surface area (Å²) in [5.74, 6) is -0.921. The zero-order valence-corrected chi connectivity index (χ0v) is 13.5. The number of ether oxygens (including phenoxy) is 2. The molecule has 0 unspecified atom stereocenters. The summed E-state index contributed by atoms with van der Waals surface area (Å²) in [5, 5.41) is 20.8. The van der Waals surface area contributed by atoms with Gasteiger partial charge in [0.25, 0.3) is 0 Å². The summed E-state index contributed by atoms with van der Waals surface area (Å²) < 4.78 is 11.1. The van der Waals surface area contributed by atoms with Gasteiger partial charge < -0.3 is 19.7 Å². The Morgan fingerprint density at radius 2 is 1.84 bits per heavy atom. The normalized spacial score (nSPS) is 28.2. The maximum absolute atomic E-state index is 13.0. The number of rotatable bonds is 1. The van der Waals surface area contributed by atoms with Crippen molar-refractivity contribution in [2.75, 3.05) is 7.11 Å². The van der Waals surface area contributed by atoms with Gasteiger partial charge in [-0.2, -0.15) is 0 Å². The van der Waals surface area contributed by atoms with E-state index in [1.165, 1.54) is 19.2 Å². The predicted octanol–water partition coefficient (Wildman–Crippen LogP) is 2.35. The molecule has 6 heteroatoms. The topological polar surface area (TPSA) is 96.4 Å². The number of hydrogen-bond acceptors (Lipinski definition) is 6. The lowest BCUT2D eigenvalue weighted by atomic mass is 9.78. The van der Waals surface area contributed by atoms with Crippen molar-refractivity contribution in [1.29, 1.82) is 0 Å². The molecule has 5 rings (SSSR count). The Balaban J connectivity index is 1.89. The average molecular weight is 338 g/mol. The van der Waals surface area contributed by atoms with E-state index in [0.717, 1.165) is 0 Å². The molecule has 2 aromatic carbocycles. The fourth-order valence-corrected chi connectivity index (χ4v) is 4.21. The van der Waals surface area contributed by atoms with E-state index in [1.54, 1.807) is 19.1 Å². The molecular formula is C19H14O6. The maximum atomic E-state index is 13.0. The first-order chi connectivity index (χ1) is 11.9. The Morgan fingerprint density at radius 3 is 2.56 bits per heavy atom. The fourth-order valence-electron chi connectivity index (χ4n) is 4.21. The molecule has 1 saturated heterocycles. The third kappa shape index (κ3) is 1.52. The number of carbonyl (C=O) groups excluding carboxylic acids is 2. The molecule has 1 aliphatic heterocycles. The van der Waals surface area contributed by atoms with Crippen molar-refractivity contribution in [1.82, 2.24) is 0 Å². The van der Waals surface area contributed by atoms with Crippen LogP contribution in [0.15, 0.2) is 24.3 Å². The van der Waals surface area contributed by atoms with Gasteiger partial charge in [-0.15, -0.1) is 0 Å². The summed E-state index contributed by atoms with van der Waals surface area (Å²) in [6, 6.07) is 5.97. The van der Waals surface area contributed by atoms with Gasteiger partial charge in [-0.25, -0.2) is 0 Å². The van der Waals surface area contributed by atoms with Crippen molar-refractivity contribution >= 4 is 11.6 Å². The molecule has 2 aromatic rings. The largest absolute Gasteiger partial charge is 0.507 e. The lowest BCUT2D eigenvalue weighted by molar-refractivity contribution is 0.0713. The molecule has 0 amide bonds. The molecule has 2 N–H and O–H groups in total. The summed E-state index contributed by atoms with van der Waals surface area (Å²) in [6.07, 6.45) is -1.05. The monoisotopic (exact) mass is 338 g/mol. The molecule has 1 heterocycles. The highest BCUT2D eigenvalue weighted by Gasteiger charge is 2.67. The maximum Gasteiger partial charge on any atom is 0.197 e. The number of phenols is 2. The summed E-state index contributed by atoms with van der Waals surface area (Å²) in [6.45, 7) is 1.68. The molecular weight excluding hydrogens is 324 g/mol. The second-order valence-corrected chi connectivity index (χ2v) is 6.77. The summed E-state index contributed by atoms with van der Waals surface area (Å²) in [5.41, 5.74) is 0.729. The average Bonchev–Trinajstić information content (AvgIpc) is 3.18. The highest BCUT2D eigenvalue weighted by Crippen LogP contribution is 2.58. The molecule has 0 saturated carbocycles. The van der Waals surface area contributed by atoms with E-state index in [2.05, 4.69) is 0 Å². The molecule has 3 aliphatic rings. The highest BCUT2D eigenvalue weighted by atomic mass is 16.6. The van der Waals surface area contributed by atoms with Crippen LogP contribution in [0.25, 0.3) is 11.1 Å². The van der Waals surface area contributed by atoms with Crippen LogP contribution in [-0.4, -0.2) is 40.6 Å². The van der Waals surface area contributed by atoms with Crippen molar-refractivity contribution in [3.8, 4) is 22.6 Å². The Bertz CT molecular complexity index is 1010. The van der Waals surface area contributed by atoms with Gasteiger partial charge in [0, 0.05) is 40.5 Å². The van der Waals surface area contributed by atoms with Gasteiger partial charge in [-0.05, 0) is 19.1 Å². The molecule has 6 nitrogen and oxygen atoms in total. The lowest BCUT2D eigenvalue weighted by Gasteiger charge is -2.26. The molecule has 3 atom stereocenters. The minimum atomic E-state index is -0.981. The van der Waals surface area contributed by atoms with Gasteiger partial charge >= 0.3 is 0 Å². The van der Waals surface area contributed by atoms with Gasteiger partial charge in [0.15, 0.2) is 17.2 Å². The van der Waals surface area contributed by atoms with Crippen molar-refractivity contribution in [3.63, 3.8) is 0 Å². The van der Waals surface area contributed by atoms with E-state index in [-0.39, 0.29) is 45.3 Å². The number of epoxide rings is 1. The Hall–Kier alpha value is -2.70.